The third kappa shape index (κ3) is 4.69. The zero-order valence-corrected chi connectivity index (χ0v) is 21.7. The summed E-state index contributed by atoms with van der Waals surface area (Å²) >= 11 is 0. The lowest BCUT2D eigenvalue weighted by Crippen LogP contribution is -2.64. The molecule has 1 aromatic heterocycles. The summed E-state index contributed by atoms with van der Waals surface area (Å²) in [4.78, 5) is 46.3. The first-order valence-corrected chi connectivity index (χ1v) is 12.6. The van der Waals surface area contributed by atoms with Crippen LogP contribution in [0.15, 0.2) is 54.9 Å². The fourth-order valence-corrected chi connectivity index (χ4v) is 4.95. The Morgan fingerprint density at radius 3 is 2.45 bits per heavy atom. The molecule has 0 bridgehead atoms. The van der Waals surface area contributed by atoms with E-state index in [9.17, 15) is 14.4 Å². The van der Waals surface area contributed by atoms with Gasteiger partial charge in [-0.2, -0.15) is 0 Å². The number of nitrogens with zero attached hydrogens (tertiary/aromatic N) is 3. The number of amides is 3. The lowest BCUT2D eigenvalue weighted by Gasteiger charge is -2.44. The van der Waals surface area contributed by atoms with Crippen molar-refractivity contribution < 1.29 is 23.9 Å². The summed E-state index contributed by atoms with van der Waals surface area (Å²) in [5.41, 5.74) is 0.860. The van der Waals surface area contributed by atoms with Crippen molar-refractivity contribution in [1.29, 1.82) is 0 Å². The van der Waals surface area contributed by atoms with Crippen molar-refractivity contribution in [2.75, 3.05) is 14.2 Å². The van der Waals surface area contributed by atoms with Crippen molar-refractivity contribution in [1.82, 2.24) is 25.1 Å². The molecule has 0 radical (unpaired) electrons. The largest absolute Gasteiger partial charge is 0.497 e. The number of nitrogens with one attached hydrogen (secondary N) is 2. The van der Waals surface area contributed by atoms with Gasteiger partial charge in [0.05, 0.1) is 27.1 Å². The van der Waals surface area contributed by atoms with Crippen molar-refractivity contribution in [3.05, 3.63) is 77.4 Å². The summed E-state index contributed by atoms with van der Waals surface area (Å²) in [7, 11) is 3.17. The topological polar surface area (TPSA) is 115 Å². The molecule has 3 aromatic rings. The van der Waals surface area contributed by atoms with Crippen LogP contribution < -0.4 is 20.1 Å². The van der Waals surface area contributed by atoms with Gasteiger partial charge in [-0.1, -0.05) is 30.3 Å². The van der Waals surface area contributed by atoms with E-state index in [1.54, 1.807) is 30.6 Å². The molecule has 0 unspecified atom stereocenters. The number of methoxy groups -OCH3 is 2. The number of para-hydroxylation sites is 1. The molecule has 1 atom stereocenters. The quantitative estimate of drug-likeness (QED) is 0.451. The van der Waals surface area contributed by atoms with Gasteiger partial charge in [-0.25, -0.2) is 4.98 Å². The van der Waals surface area contributed by atoms with Crippen LogP contribution in [0.3, 0.4) is 0 Å². The summed E-state index contributed by atoms with van der Waals surface area (Å²) in [6, 6.07) is 14.8. The number of rotatable bonds is 9. The number of aromatic nitrogens is 2. The standard InChI is InChI=1S/C28H31N5O5/c1-28(27(36)30-14-18-8-12-21(37-2)13-9-18)16-32-17-31-23(24(32)26(35)33(28)20-10-11-20)25(34)29-15-19-6-4-5-7-22(19)38-3/h4-9,12-13,17,20H,10-11,14-16H2,1-3H3,(H,29,34)(H,30,36)/t28-/m1/s1. The fourth-order valence-electron chi connectivity index (χ4n) is 4.95. The number of fused-ring (bicyclic) bond motifs is 1. The zero-order chi connectivity index (χ0) is 26.9. The number of imidazole rings is 1. The average Bonchev–Trinajstić information content (AvgIpc) is 3.68. The average molecular weight is 518 g/mol. The Hall–Kier alpha value is -4.34. The molecule has 38 heavy (non-hydrogen) atoms. The molecule has 2 aliphatic rings. The van der Waals surface area contributed by atoms with Gasteiger partial charge in [0.15, 0.2) is 5.69 Å². The van der Waals surface area contributed by atoms with Gasteiger partial charge in [-0.3, -0.25) is 14.4 Å². The first-order valence-electron chi connectivity index (χ1n) is 12.6. The Morgan fingerprint density at radius 2 is 1.76 bits per heavy atom. The summed E-state index contributed by atoms with van der Waals surface area (Å²) in [5, 5.41) is 5.83. The van der Waals surface area contributed by atoms with Crippen LogP contribution in [0.4, 0.5) is 0 Å². The van der Waals surface area contributed by atoms with Crippen LogP contribution in [0.5, 0.6) is 11.5 Å². The lowest BCUT2D eigenvalue weighted by molar-refractivity contribution is -0.133. The van der Waals surface area contributed by atoms with Gasteiger partial charge >= 0.3 is 0 Å². The minimum Gasteiger partial charge on any atom is -0.497 e. The highest BCUT2D eigenvalue weighted by Crippen LogP contribution is 2.39. The monoisotopic (exact) mass is 517 g/mol. The van der Waals surface area contributed by atoms with E-state index < -0.39 is 11.4 Å². The molecule has 10 nitrogen and oxygen atoms in total. The highest BCUT2D eigenvalue weighted by Gasteiger charge is 2.53. The summed E-state index contributed by atoms with van der Waals surface area (Å²) in [6.07, 6.45) is 3.09. The van der Waals surface area contributed by atoms with E-state index in [2.05, 4.69) is 15.6 Å². The molecule has 2 heterocycles. The van der Waals surface area contributed by atoms with E-state index in [0.29, 0.717) is 12.3 Å². The van der Waals surface area contributed by atoms with Crippen molar-refractivity contribution in [2.24, 2.45) is 0 Å². The van der Waals surface area contributed by atoms with E-state index in [1.807, 2.05) is 48.5 Å². The lowest BCUT2D eigenvalue weighted by atomic mass is 9.93. The van der Waals surface area contributed by atoms with Crippen LogP contribution in [-0.2, 0) is 24.4 Å². The molecule has 1 saturated carbocycles. The molecular weight excluding hydrogens is 486 g/mol. The number of carbonyl (C=O) groups is 3. The minimum atomic E-state index is -1.12. The highest BCUT2D eigenvalue weighted by molar-refractivity contribution is 6.07. The van der Waals surface area contributed by atoms with E-state index in [1.165, 1.54) is 6.33 Å². The van der Waals surface area contributed by atoms with Crippen LogP contribution in [0.25, 0.3) is 0 Å². The first kappa shape index (κ1) is 25.3. The molecule has 0 saturated heterocycles. The van der Waals surface area contributed by atoms with E-state index in [-0.39, 0.29) is 42.3 Å². The number of hydrogen-bond donors (Lipinski definition) is 2. The second kappa shape index (κ2) is 10.2. The van der Waals surface area contributed by atoms with Gasteiger partial charge in [-0.15, -0.1) is 0 Å². The van der Waals surface area contributed by atoms with Crippen molar-refractivity contribution >= 4 is 17.7 Å². The van der Waals surface area contributed by atoms with E-state index in [4.69, 9.17) is 9.47 Å². The molecule has 3 amide bonds. The molecule has 0 spiro atoms. The maximum Gasteiger partial charge on any atom is 0.274 e. The van der Waals surface area contributed by atoms with E-state index in [0.717, 1.165) is 29.7 Å². The predicted octanol–water partition coefficient (Wildman–Crippen LogP) is 2.52. The summed E-state index contributed by atoms with van der Waals surface area (Å²) in [6.45, 7) is 2.52. The van der Waals surface area contributed by atoms with Crippen LogP contribution in [0, 0.1) is 0 Å². The molecule has 1 aliphatic carbocycles. The smallest absolute Gasteiger partial charge is 0.274 e. The number of benzene rings is 2. The summed E-state index contributed by atoms with van der Waals surface area (Å²) in [5.74, 6) is 0.324. The Morgan fingerprint density at radius 1 is 1.03 bits per heavy atom. The second-order valence-electron chi connectivity index (χ2n) is 9.78. The molecule has 10 heteroatoms. The maximum absolute atomic E-state index is 13.8. The maximum atomic E-state index is 13.8. The van der Waals surface area contributed by atoms with Gasteiger partial charge in [0.2, 0.25) is 5.91 Å². The van der Waals surface area contributed by atoms with E-state index >= 15 is 0 Å². The SMILES string of the molecule is COc1ccc(CNC(=O)[C@@]2(C)Cn3cnc(C(=O)NCc4ccccc4OC)c3C(=O)N2C2CC2)cc1. The van der Waals surface area contributed by atoms with Gasteiger partial charge in [0.25, 0.3) is 11.8 Å². The third-order valence-corrected chi connectivity index (χ3v) is 7.13. The zero-order valence-electron chi connectivity index (χ0n) is 21.7. The number of ether oxygens (including phenoxy) is 2. The van der Waals surface area contributed by atoms with Crippen LogP contribution in [-0.4, -0.2) is 58.0 Å². The van der Waals surface area contributed by atoms with Gasteiger partial charge in [-0.05, 0) is 43.5 Å². The molecule has 5 rings (SSSR count). The van der Waals surface area contributed by atoms with Crippen LogP contribution >= 0.6 is 0 Å². The Kier molecular flexibility index (Phi) is 6.79. The first-order chi connectivity index (χ1) is 18.4. The van der Waals surface area contributed by atoms with Crippen LogP contribution in [0.2, 0.25) is 0 Å². The number of hydrogen-bond acceptors (Lipinski definition) is 6. The molecular formula is C28H31N5O5. The Balaban J connectivity index is 1.34. The van der Waals surface area contributed by atoms with Gasteiger partial charge in [0.1, 0.15) is 22.7 Å². The molecule has 2 aromatic carbocycles. The normalized spacial score (nSPS) is 18.5. The number of carbonyl (C=O) groups excluding carboxylic acids is 3. The van der Waals surface area contributed by atoms with Crippen molar-refractivity contribution in [2.45, 2.75) is 51.0 Å². The molecule has 1 fully saturated rings. The molecule has 1 aliphatic heterocycles. The van der Waals surface area contributed by atoms with Gasteiger partial charge < -0.3 is 29.6 Å². The Bertz CT molecular complexity index is 1360. The fraction of sp³-hybridized carbons (Fsp3) is 0.357. The molecule has 198 valence electrons. The van der Waals surface area contributed by atoms with Crippen molar-refractivity contribution in [3.8, 4) is 11.5 Å². The predicted molar refractivity (Wildman–Crippen MR) is 139 cm³/mol. The second-order valence-corrected chi connectivity index (χ2v) is 9.78. The van der Waals surface area contributed by atoms with Crippen LogP contribution in [0.1, 0.15) is 51.9 Å². The summed E-state index contributed by atoms with van der Waals surface area (Å²) < 4.78 is 12.2. The van der Waals surface area contributed by atoms with Crippen molar-refractivity contribution in [3.63, 3.8) is 0 Å². The molecule has 2 N–H and O–H groups in total. The van der Waals surface area contributed by atoms with Gasteiger partial charge in [0, 0.05) is 24.7 Å². The Labute approximate surface area is 220 Å². The third-order valence-electron chi connectivity index (χ3n) is 7.13. The minimum absolute atomic E-state index is 0.0487. The highest BCUT2D eigenvalue weighted by atomic mass is 16.5.